The highest BCUT2D eigenvalue weighted by Crippen LogP contribution is 2.28. The number of hydrogen-bond donors (Lipinski definition) is 3. The molecule has 0 unspecified atom stereocenters. The molecule has 0 spiro atoms. The van der Waals surface area contributed by atoms with Gasteiger partial charge in [-0.25, -0.2) is 4.98 Å². The number of fused-ring (bicyclic) bond motifs is 1. The van der Waals surface area contributed by atoms with Crippen molar-refractivity contribution in [3.8, 4) is 0 Å². The van der Waals surface area contributed by atoms with Crippen LogP contribution in [-0.4, -0.2) is 50.4 Å². The average Bonchev–Trinajstić information content (AvgIpc) is 3.40. The summed E-state index contributed by atoms with van der Waals surface area (Å²) >= 11 is 6.20. The number of carbonyl (C=O) groups excluding carboxylic acids is 2. The van der Waals surface area contributed by atoms with Crippen molar-refractivity contribution < 1.29 is 9.59 Å². The number of anilines is 3. The Morgan fingerprint density at radius 2 is 2.03 bits per heavy atom. The van der Waals surface area contributed by atoms with Gasteiger partial charge in [0, 0.05) is 65.6 Å². The SMILES string of the molecule is C=C1C/C(=C\c2cnn3c(NC4CCN(C(=O)CC(C)(C)C)CC4)cc(Nc4cccc(Cl)c4)nc23)C(=O)N1. The van der Waals surface area contributed by atoms with Gasteiger partial charge in [0.05, 0.1) is 6.20 Å². The molecular formula is C29H34ClN7O2. The Labute approximate surface area is 233 Å². The maximum Gasteiger partial charge on any atom is 0.251 e. The number of rotatable bonds is 6. The Bertz CT molecular complexity index is 1460. The second-order valence-electron chi connectivity index (χ2n) is 11.4. The molecule has 3 aromatic rings. The Hall–Kier alpha value is -3.85. The monoisotopic (exact) mass is 547 g/mol. The van der Waals surface area contributed by atoms with E-state index in [2.05, 4.69) is 48.4 Å². The van der Waals surface area contributed by atoms with Gasteiger partial charge in [-0.15, -0.1) is 0 Å². The fourth-order valence-electron chi connectivity index (χ4n) is 4.91. The van der Waals surface area contributed by atoms with E-state index in [-0.39, 0.29) is 23.3 Å². The van der Waals surface area contributed by atoms with Crippen LogP contribution in [0.3, 0.4) is 0 Å². The van der Waals surface area contributed by atoms with Gasteiger partial charge in [0.2, 0.25) is 5.91 Å². The first-order chi connectivity index (χ1) is 18.5. The molecule has 0 aliphatic carbocycles. The lowest BCUT2D eigenvalue weighted by molar-refractivity contribution is -0.134. The van der Waals surface area contributed by atoms with Crippen LogP contribution in [0.4, 0.5) is 17.3 Å². The number of halogens is 1. The number of benzene rings is 1. The minimum Gasteiger partial charge on any atom is -0.367 e. The number of amides is 2. The van der Waals surface area contributed by atoms with Crippen molar-refractivity contribution in [2.75, 3.05) is 23.7 Å². The van der Waals surface area contributed by atoms with Gasteiger partial charge in [0.1, 0.15) is 11.6 Å². The van der Waals surface area contributed by atoms with Gasteiger partial charge >= 0.3 is 0 Å². The molecule has 2 aliphatic heterocycles. The molecule has 0 saturated carbocycles. The number of nitrogens with zero attached hydrogens (tertiary/aromatic N) is 4. The first-order valence-electron chi connectivity index (χ1n) is 13.2. The first-order valence-corrected chi connectivity index (χ1v) is 13.6. The second-order valence-corrected chi connectivity index (χ2v) is 11.9. The third-order valence-electron chi connectivity index (χ3n) is 6.79. The van der Waals surface area contributed by atoms with Gasteiger partial charge in [-0.2, -0.15) is 9.61 Å². The molecule has 3 N–H and O–H groups in total. The number of carbonyl (C=O) groups is 2. The molecule has 2 saturated heterocycles. The highest BCUT2D eigenvalue weighted by atomic mass is 35.5. The van der Waals surface area contributed by atoms with Crippen molar-refractivity contribution in [2.24, 2.45) is 5.41 Å². The van der Waals surface area contributed by atoms with Crippen LogP contribution in [0.5, 0.6) is 0 Å². The van der Waals surface area contributed by atoms with Crippen LogP contribution in [0, 0.1) is 5.41 Å². The Kier molecular flexibility index (Phi) is 7.36. The quantitative estimate of drug-likeness (QED) is 0.358. The van der Waals surface area contributed by atoms with E-state index in [1.165, 1.54) is 0 Å². The van der Waals surface area contributed by atoms with E-state index in [1.54, 1.807) is 10.7 Å². The lowest BCUT2D eigenvalue weighted by Crippen LogP contribution is -2.43. The molecule has 39 heavy (non-hydrogen) atoms. The molecule has 0 radical (unpaired) electrons. The van der Waals surface area contributed by atoms with E-state index in [4.69, 9.17) is 16.6 Å². The zero-order valence-corrected chi connectivity index (χ0v) is 23.3. The minimum atomic E-state index is -0.154. The average molecular weight is 548 g/mol. The Morgan fingerprint density at radius 3 is 2.69 bits per heavy atom. The van der Waals surface area contributed by atoms with Gasteiger partial charge < -0.3 is 20.9 Å². The summed E-state index contributed by atoms with van der Waals surface area (Å²) in [5, 5.41) is 14.9. The van der Waals surface area contributed by atoms with E-state index in [0.29, 0.717) is 53.7 Å². The number of likely N-dealkylation sites (tertiary alicyclic amines) is 1. The highest BCUT2D eigenvalue weighted by molar-refractivity contribution is 6.30. The Morgan fingerprint density at radius 1 is 1.26 bits per heavy atom. The number of aromatic nitrogens is 3. The number of allylic oxidation sites excluding steroid dienone is 1. The summed E-state index contributed by atoms with van der Waals surface area (Å²) in [5.41, 5.74) is 3.42. The molecular weight excluding hydrogens is 514 g/mol. The molecule has 2 fully saturated rings. The Balaban J connectivity index is 1.42. The lowest BCUT2D eigenvalue weighted by Gasteiger charge is -2.34. The molecule has 0 bridgehead atoms. The lowest BCUT2D eigenvalue weighted by atomic mass is 9.91. The number of nitrogens with one attached hydrogen (secondary N) is 3. The summed E-state index contributed by atoms with van der Waals surface area (Å²) in [6.45, 7) is 11.6. The van der Waals surface area contributed by atoms with Crippen LogP contribution in [0.15, 0.2) is 54.4 Å². The van der Waals surface area contributed by atoms with Gasteiger partial charge in [-0.1, -0.05) is 45.0 Å². The zero-order valence-electron chi connectivity index (χ0n) is 22.6. The van der Waals surface area contributed by atoms with E-state index >= 15 is 0 Å². The van der Waals surface area contributed by atoms with E-state index < -0.39 is 0 Å². The van der Waals surface area contributed by atoms with E-state index in [0.717, 1.165) is 29.9 Å². The van der Waals surface area contributed by atoms with E-state index in [1.807, 2.05) is 41.3 Å². The summed E-state index contributed by atoms with van der Waals surface area (Å²) in [5.74, 6) is 1.45. The molecule has 1 aromatic carbocycles. The normalized spacial score (nSPS) is 17.6. The molecule has 5 rings (SSSR count). The predicted molar refractivity (Wildman–Crippen MR) is 155 cm³/mol. The predicted octanol–water partition coefficient (Wildman–Crippen LogP) is 5.38. The van der Waals surface area contributed by atoms with Crippen LogP contribution >= 0.6 is 11.6 Å². The largest absolute Gasteiger partial charge is 0.367 e. The van der Waals surface area contributed by atoms with Crippen LogP contribution in [0.2, 0.25) is 5.02 Å². The van der Waals surface area contributed by atoms with Crippen molar-refractivity contribution in [3.63, 3.8) is 0 Å². The van der Waals surface area contributed by atoms with Crippen molar-refractivity contribution in [1.82, 2.24) is 24.8 Å². The summed E-state index contributed by atoms with van der Waals surface area (Å²) in [7, 11) is 0. The van der Waals surface area contributed by atoms with Crippen LogP contribution < -0.4 is 16.0 Å². The molecule has 2 aliphatic rings. The van der Waals surface area contributed by atoms with Gasteiger partial charge in [0.15, 0.2) is 5.65 Å². The number of piperidine rings is 1. The number of hydrogen-bond acceptors (Lipinski definition) is 6. The standard InChI is InChI=1S/C29H34ClN7O2/c1-18-12-19(28(39)32-18)13-20-17-31-37-25(15-24(35-27(20)37)33-23-7-5-6-21(30)14-23)34-22-8-10-36(11-9-22)26(38)16-29(2,3)4/h5-7,13-15,17,22,34H,1,8-12,16H2,2-4H3,(H,32,39)(H,33,35)/b19-13+. The summed E-state index contributed by atoms with van der Waals surface area (Å²) in [6.07, 6.45) is 6.20. The van der Waals surface area contributed by atoms with Crippen LogP contribution in [-0.2, 0) is 9.59 Å². The fraction of sp³-hybridized carbons (Fsp3) is 0.379. The molecule has 204 valence electrons. The zero-order chi connectivity index (χ0) is 27.7. The van der Waals surface area contributed by atoms with E-state index in [9.17, 15) is 9.59 Å². The molecule has 2 aromatic heterocycles. The summed E-state index contributed by atoms with van der Waals surface area (Å²) < 4.78 is 1.76. The van der Waals surface area contributed by atoms with Crippen molar-refractivity contribution in [3.05, 3.63) is 65.0 Å². The molecule has 4 heterocycles. The minimum absolute atomic E-state index is 0.0271. The van der Waals surface area contributed by atoms with Crippen molar-refractivity contribution in [2.45, 2.75) is 52.5 Å². The smallest absolute Gasteiger partial charge is 0.251 e. The van der Waals surface area contributed by atoms with Crippen molar-refractivity contribution >= 4 is 52.5 Å². The maximum atomic E-state index is 12.7. The van der Waals surface area contributed by atoms with Crippen LogP contribution in [0.1, 0.15) is 52.0 Å². The summed E-state index contributed by atoms with van der Waals surface area (Å²) in [4.78, 5) is 31.8. The third-order valence-corrected chi connectivity index (χ3v) is 7.03. The molecule has 0 atom stereocenters. The van der Waals surface area contributed by atoms with Crippen LogP contribution in [0.25, 0.3) is 11.7 Å². The van der Waals surface area contributed by atoms with Gasteiger partial charge in [-0.05, 0) is 42.5 Å². The molecule has 9 nitrogen and oxygen atoms in total. The second kappa shape index (κ2) is 10.7. The fourth-order valence-corrected chi connectivity index (χ4v) is 5.10. The van der Waals surface area contributed by atoms with Gasteiger partial charge in [-0.3, -0.25) is 9.59 Å². The first kappa shape index (κ1) is 26.7. The molecule has 10 heteroatoms. The molecule has 2 amide bonds. The summed E-state index contributed by atoms with van der Waals surface area (Å²) in [6, 6.07) is 9.53. The van der Waals surface area contributed by atoms with Crippen molar-refractivity contribution in [1.29, 1.82) is 0 Å². The third kappa shape index (κ3) is 6.42. The maximum absolute atomic E-state index is 12.7. The topological polar surface area (TPSA) is 104 Å². The van der Waals surface area contributed by atoms with Gasteiger partial charge in [0.25, 0.3) is 5.91 Å². The highest BCUT2D eigenvalue weighted by Gasteiger charge is 2.27.